The first-order valence-electron chi connectivity index (χ1n) is 4.08. The molecule has 0 spiro atoms. The highest BCUT2D eigenvalue weighted by Gasteiger charge is 2.30. The Balaban J connectivity index is 2.44. The number of carboxylic acid groups (broad SMARTS) is 1. The summed E-state index contributed by atoms with van der Waals surface area (Å²) in [4.78, 5) is 14.6. The number of imidazole rings is 1. The van der Waals surface area contributed by atoms with Gasteiger partial charge in [0.05, 0.1) is 13.3 Å². The van der Waals surface area contributed by atoms with E-state index >= 15 is 0 Å². The van der Waals surface area contributed by atoms with Gasteiger partial charge in [-0.05, 0) is 12.8 Å². The number of hydrogen-bond acceptors (Lipinski definition) is 3. The quantitative estimate of drug-likeness (QED) is 0.755. The third-order valence-corrected chi connectivity index (χ3v) is 2.08. The van der Waals surface area contributed by atoms with Crippen LogP contribution >= 0.6 is 0 Å². The Morgan fingerprint density at radius 2 is 2.46 bits per heavy atom. The van der Waals surface area contributed by atoms with Crippen molar-refractivity contribution in [2.75, 3.05) is 7.11 Å². The second kappa shape index (κ2) is 2.76. The minimum absolute atomic E-state index is 0.208. The highest BCUT2D eigenvalue weighted by atomic mass is 16.5. The minimum atomic E-state index is -0.956. The normalized spacial score (nSPS) is 15.8. The molecule has 1 saturated carbocycles. The summed E-state index contributed by atoms with van der Waals surface area (Å²) in [6.07, 6.45) is 3.35. The lowest BCUT2D eigenvalue weighted by atomic mass is 10.4. The van der Waals surface area contributed by atoms with Gasteiger partial charge in [-0.1, -0.05) is 0 Å². The summed E-state index contributed by atoms with van der Waals surface area (Å²) in [7, 11) is 1.49. The molecule has 0 amide bonds. The molecule has 1 heterocycles. The van der Waals surface area contributed by atoms with Crippen molar-refractivity contribution in [1.29, 1.82) is 0 Å². The fraction of sp³-hybridized carbons (Fsp3) is 0.500. The average molecular weight is 182 g/mol. The number of carboxylic acids is 1. The first kappa shape index (κ1) is 8.10. The third-order valence-electron chi connectivity index (χ3n) is 2.08. The molecule has 1 aromatic heterocycles. The Bertz CT molecular complexity index is 341. The molecule has 1 aromatic rings. The molecule has 1 fully saturated rings. The molecular formula is C8H10N2O3. The number of ether oxygens (including phenoxy) is 1. The smallest absolute Gasteiger partial charge is 0.354 e. The molecule has 2 rings (SSSR count). The summed E-state index contributed by atoms with van der Waals surface area (Å²) in [6, 6.07) is 0.656. The van der Waals surface area contributed by atoms with Crippen LogP contribution in [0.1, 0.15) is 29.4 Å². The van der Waals surface area contributed by atoms with Crippen molar-refractivity contribution in [2.45, 2.75) is 18.9 Å². The van der Waals surface area contributed by atoms with Crippen LogP contribution in [0, 0.1) is 0 Å². The summed E-state index contributed by atoms with van der Waals surface area (Å²) < 4.78 is 6.61. The topological polar surface area (TPSA) is 64.3 Å². The molecule has 1 N–H and O–H groups in total. The molecule has 5 nitrogen and oxygen atoms in total. The molecule has 0 atom stereocenters. The number of aromatic carboxylic acids is 1. The summed E-state index contributed by atoms with van der Waals surface area (Å²) in [5.74, 6) is -0.956. The van der Waals surface area contributed by atoms with Crippen LogP contribution < -0.4 is 4.74 Å². The lowest BCUT2D eigenvalue weighted by molar-refractivity contribution is 0.0683. The molecule has 0 aromatic carbocycles. The van der Waals surface area contributed by atoms with Gasteiger partial charge in [0.15, 0.2) is 0 Å². The van der Waals surface area contributed by atoms with E-state index in [9.17, 15) is 4.79 Å². The maximum Gasteiger partial charge on any atom is 0.354 e. The number of methoxy groups -OCH3 is 1. The average Bonchev–Trinajstić information content (AvgIpc) is 2.84. The maximum atomic E-state index is 10.8. The Kier molecular flexibility index (Phi) is 1.72. The van der Waals surface area contributed by atoms with Crippen LogP contribution in [0.25, 0.3) is 0 Å². The van der Waals surface area contributed by atoms with Crippen LogP contribution in [-0.4, -0.2) is 27.7 Å². The van der Waals surface area contributed by atoms with Gasteiger partial charge in [-0.25, -0.2) is 9.78 Å². The van der Waals surface area contributed by atoms with Crippen molar-refractivity contribution in [2.24, 2.45) is 0 Å². The zero-order valence-corrected chi connectivity index (χ0v) is 7.23. The maximum absolute atomic E-state index is 10.8. The van der Waals surface area contributed by atoms with Crippen LogP contribution in [0.15, 0.2) is 6.20 Å². The van der Waals surface area contributed by atoms with Crippen molar-refractivity contribution < 1.29 is 14.6 Å². The van der Waals surface area contributed by atoms with E-state index in [2.05, 4.69) is 4.98 Å². The van der Waals surface area contributed by atoms with Gasteiger partial charge in [0.2, 0.25) is 0 Å². The van der Waals surface area contributed by atoms with Crippen molar-refractivity contribution in [1.82, 2.24) is 9.55 Å². The van der Waals surface area contributed by atoms with Gasteiger partial charge in [-0.3, -0.25) is 4.57 Å². The molecular weight excluding hydrogens is 172 g/mol. The number of nitrogens with zero attached hydrogens (tertiary/aromatic N) is 2. The van der Waals surface area contributed by atoms with Crippen molar-refractivity contribution in [3.05, 3.63) is 11.9 Å². The zero-order chi connectivity index (χ0) is 9.42. The summed E-state index contributed by atoms with van der Waals surface area (Å²) in [6.45, 7) is 0. The van der Waals surface area contributed by atoms with E-state index in [0.29, 0.717) is 6.01 Å². The fourth-order valence-electron chi connectivity index (χ4n) is 1.34. The van der Waals surface area contributed by atoms with E-state index in [0.717, 1.165) is 12.8 Å². The van der Waals surface area contributed by atoms with Gasteiger partial charge >= 0.3 is 5.97 Å². The molecule has 70 valence electrons. The lowest BCUT2D eigenvalue weighted by Gasteiger charge is -2.05. The molecule has 0 saturated heterocycles. The number of hydrogen-bond donors (Lipinski definition) is 1. The standard InChI is InChI=1S/C8H10N2O3/c1-13-8-9-4-6(7(11)12)10(8)5-2-3-5/h4-5H,2-3H2,1H3,(H,11,12). The number of aromatic nitrogens is 2. The van der Waals surface area contributed by atoms with Crippen LogP contribution in [0.5, 0.6) is 6.01 Å². The minimum Gasteiger partial charge on any atom is -0.477 e. The molecule has 0 unspecified atom stereocenters. The van der Waals surface area contributed by atoms with Crippen molar-refractivity contribution >= 4 is 5.97 Å². The monoisotopic (exact) mass is 182 g/mol. The molecule has 0 aliphatic heterocycles. The Morgan fingerprint density at radius 1 is 1.77 bits per heavy atom. The molecule has 5 heteroatoms. The third kappa shape index (κ3) is 1.26. The van der Waals surface area contributed by atoms with Gasteiger partial charge in [0.25, 0.3) is 6.01 Å². The van der Waals surface area contributed by atoms with Gasteiger partial charge in [-0.2, -0.15) is 0 Å². The predicted octanol–water partition coefficient (Wildman–Crippen LogP) is 0.925. The highest BCUT2D eigenvalue weighted by Crippen LogP contribution is 2.38. The largest absolute Gasteiger partial charge is 0.477 e. The highest BCUT2D eigenvalue weighted by molar-refractivity contribution is 5.85. The van der Waals surface area contributed by atoms with E-state index in [4.69, 9.17) is 9.84 Å². The molecule has 1 aliphatic rings. The second-order valence-electron chi connectivity index (χ2n) is 3.04. The van der Waals surface area contributed by atoms with Crippen LogP contribution in [0.2, 0.25) is 0 Å². The number of carbonyl (C=O) groups is 1. The zero-order valence-electron chi connectivity index (χ0n) is 7.23. The Hall–Kier alpha value is -1.52. The van der Waals surface area contributed by atoms with E-state index in [-0.39, 0.29) is 11.7 Å². The van der Waals surface area contributed by atoms with Gasteiger partial charge < -0.3 is 9.84 Å². The summed E-state index contributed by atoms with van der Waals surface area (Å²) in [5.41, 5.74) is 0.208. The lowest BCUT2D eigenvalue weighted by Crippen LogP contribution is -2.08. The van der Waals surface area contributed by atoms with Crippen LogP contribution in [0.4, 0.5) is 0 Å². The fourth-order valence-corrected chi connectivity index (χ4v) is 1.34. The first-order valence-corrected chi connectivity index (χ1v) is 4.08. The summed E-state index contributed by atoms with van der Waals surface area (Å²) >= 11 is 0. The number of rotatable bonds is 3. The van der Waals surface area contributed by atoms with E-state index in [1.807, 2.05) is 0 Å². The molecule has 0 bridgehead atoms. The van der Waals surface area contributed by atoms with E-state index in [1.165, 1.54) is 13.3 Å². The van der Waals surface area contributed by atoms with Crippen LogP contribution in [0.3, 0.4) is 0 Å². The van der Waals surface area contributed by atoms with Crippen molar-refractivity contribution in [3.8, 4) is 6.01 Å². The van der Waals surface area contributed by atoms with E-state index in [1.54, 1.807) is 4.57 Å². The molecule has 0 radical (unpaired) electrons. The first-order chi connectivity index (χ1) is 6.24. The predicted molar refractivity (Wildman–Crippen MR) is 44.0 cm³/mol. The van der Waals surface area contributed by atoms with Gasteiger partial charge in [0, 0.05) is 6.04 Å². The van der Waals surface area contributed by atoms with E-state index < -0.39 is 5.97 Å². The Morgan fingerprint density at radius 3 is 2.92 bits per heavy atom. The van der Waals surface area contributed by atoms with Gasteiger partial charge in [-0.15, -0.1) is 0 Å². The Labute approximate surface area is 75.0 Å². The second-order valence-corrected chi connectivity index (χ2v) is 3.04. The molecule has 13 heavy (non-hydrogen) atoms. The summed E-state index contributed by atoms with van der Waals surface area (Å²) in [5, 5.41) is 8.83. The molecule has 1 aliphatic carbocycles. The van der Waals surface area contributed by atoms with Crippen LogP contribution in [-0.2, 0) is 0 Å². The SMILES string of the molecule is COc1ncc(C(=O)O)n1C1CC1. The van der Waals surface area contributed by atoms with Gasteiger partial charge in [0.1, 0.15) is 5.69 Å². The van der Waals surface area contributed by atoms with Crippen molar-refractivity contribution in [3.63, 3.8) is 0 Å².